The molecule has 1 N–H and O–H groups in total. The van der Waals surface area contributed by atoms with Crippen molar-refractivity contribution in [1.29, 1.82) is 0 Å². The number of para-hydroxylation sites is 3. The van der Waals surface area contributed by atoms with Gasteiger partial charge in [0.1, 0.15) is 23.9 Å². The van der Waals surface area contributed by atoms with Gasteiger partial charge in [0.2, 0.25) is 0 Å². The van der Waals surface area contributed by atoms with Crippen LogP contribution in [0.5, 0.6) is 11.5 Å². The number of nitrogens with zero attached hydrogens (tertiary/aromatic N) is 2. The van der Waals surface area contributed by atoms with E-state index in [4.69, 9.17) is 14.5 Å². The van der Waals surface area contributed by atoms with E-state index in [1.165, 1.54) is 5.56 Å². The zero-order valence-corrected chi connectivity index (χ0v) is 17.5. The molecule has 0 radical (unpaired) electrons. The Morgan fingerprint density at radius 2 is 1.61 bits per heavy atom. The predicted octanol–water partition coefficient (Wildman–Crippen LogP) is 4.12. The number of rotatable bonds is 9. The molecule has 158 valence electrons. The maximum absolute atomic E-state index is 12.2. The molecule has 6 nitrogen and oxygen atoms in total. The number of ether oxygens (including phenoxy) is 2. The standard InChI is InChI=1S/C25H25N3O3/c1-19-11-13-21(14-12-19)30-16-15-28-23-10-6-5-9-22(23)27-24(28)17-26-25(29)18-31-20-7-3-2-4-8-20/h2-14H,15-18H2,1H3,(H,26,29). The molecule has 31 heavy (non-hydrogen) atoms. The molecule has 4 aromatic rings. The average Bonchev–Trinajstić information content (AvgIpc) is 3.16. The van der Waals surface area contributed by atoms with Crippen molar-refractivity contribution < 1.29 is 14.3 Å². The third-order valence-corrected chi connectivity index (χ3v) is 4.90. The monoisotopic (exact) mass is 415 g/mol. The molecule has 1 amide bonds. The van der Waals surface area contributed by atoms with Crippen molar-refractivity contribution in [2.45, 2.75) is 20.0 Å². The van der Waals surface area contributed by atoms with Gasteiger partial charge in [-0.05, 0) is 43.3 Å². The summed E-state index contributed by atoms with van der Waals surface area (Å²) < 4.78 is 13.5. The van der Waals surface area contributed by atoms with Crippen LogP contribution >= 0.6 is 0 Å². The Morgan fingerprint density at radius 1 is 0.903 bits per heavy atom. The molecule has 1 heterocycles. The highest BCUT2D eigenvalue weighted by Crippen LogP contribution is 2.17. The fourth-order valence-electron chi connectivity index (χ4n) is 3.29. The lowest BCUT2D eigenvalue weighted by Crippen LogP contribution is -2.29. The Kier molecular flexibility index (Phi) is 6.47. The second kappa shape index (κ2) is 9.80. The molecule has 0 saturated carbocycles. The van der Waals surface area contributed by atoms with Crippen LogP contribution in [0.2, 0.25) is 0 Å². The van der Waals surface area contributed by atoms with Gasteiger partial charge in [-0.3, -0.25) is 4.79 Å². The number of hydrogen-bond acceptors (Lipinski definition) is 4. The third kappa shape index (κ3) is 5.42. The van der Waals surface area contributed by atoms with Crippen LogP contribution < -0.4 is 14.8 Å². The lowest BCUT2D eigenvalue weighted by atomic mass is 10.2. The smallest absolute Gasteiger partial charge is 0.258 e. The van der Waals surface area contributed by atoms with Crippen LogP contribution in [0, 0.1) is 6.92 Å². The van der Waals surface area contributed by atoms with Gasteiger partial charge in [-0.1, -0.05) is 48.0 Å². The Bertz CT molecular complexity index is 1140. The minimum atomic E-state index is -0.196. The maximum Gasteiger partial charge on any atom is 0.258 e. The largest absolute Gasteiger partial charge is 0.492 e. The number of nitrogens with one attached hydrogen (secondary N) is 1. The van der Waals surface area contributed by atoms with Crippen molar-refractivity contribution in [3.63, 3.8) is 0 Å². The lowest BCUT2D eigenvalue weighted by molar-refractivity contribution is -0.123. The summed E-state index contributed by atoms with van der Waals surface area (Å²) in [5.74, 6) is 2.08. The average molecular weight is 415 g/mol. The first-order valence-electron chi connectivity index (χ1n) is 10.3. The molecule has 4 rings (SSSR count). The van der Waals surface area contributed by atoms with E-state index in [-0.39, 0.29) is 12.5 Å². The summed E-state index contributed by atoms with van der Waals surface area (Å²) in [6.07, 6.45) is 0. The molecule has 0 saturated heterocycles. The zero-order valence-electron chi connectivity index (χ0n) is 17.5. The number of aryl methyl sites for hydroxylation is 1. The van der Waals surface area contributed by atoms with Crippen molar-refractivity contribution in [2.24, 2.45) is 0 Å². The fraction of sp³-hybridized carbons (Fsp3) is 0.200. The normalized spacial score (nSPS) is 10.7. The van der Waals surface area contributed by atoms with E-state index in [1.807, 2.05) is 85.8 Å². The fourth-order valence-corrected chi connectivity index (χ4v) is 3.29. The van der Waals surface area contributed by atoms with E-state index in [0.717, 1.165) is 22.6 Å². The van der Waals surface area contributed by atoms with Gasteiger partial charge in [-0.15, -0.1) is 0 Å². The molecule has 0 bridgehead atoms. The van der Waals surface area contributed by atoms with Crippen molar-refractivity contribution in [3.05, 3.63) is 90.3 Å². The molecule has 0 aliphatic rings. The van der Waals surface area contributed by atoms with Gasteiger partial charge in [-0.25, -0.2) is 4.98 Å². The number of imidazole rings is 1. The summed E-state index contributed by atoms with van der Waals surface area (Å²) in [7, 11) is 0. The molecule has 0 atom stereocenters. The minimum Gasteiger partial charge on any atom is -0.492 e. The summed E-state index contributed by atoms with van der Waals surface area (Å²) in [5.41, 5.74) is 3.10. The number of benzene rings is 3. The Labute approximate surface area is 181 Å². The summed E-state index contributed by atoms with van der Waals surface area (Å²) in [6.45, 7) is 3.45. The number of fused-ring (bicyclic) bond motifs is 1. The summed E-state index contributed by atoms with van der Waals surface area (Å²) >= 11 is 0. The van der Waals surface area contributed by atoms with E-state index in [9.17, 15) is 4.79 Å². The maximum atomic E-state index is 12.2. The number of hydrogen-bond donors (Lipinski definition) is 1. The molecule has 0 unspecified atom stereocenters. The molecule has 0 spiro atoms. The Balaban J connectivity index is 1.38. The first-order chi connectivity index (χ1) is 15.2. The van der Waals surface area contributed by atoms with Gasteiger partial charge < -0.3 is 19.4 Å². The van der Waals surface area contributed by atoms with Crippen LogP contribution in [0.4, 0.5) is 0 Å². The highest BCUT2D eigenvalue weighted by molar-refractivity contribution is 5.78. The van der Waals surface area contributed by atoms with Gasteiger partial charge in [-0.2, -0.15) is 0 Å². The van der Waals surface area contributed by atoms with Crippen molar-refractivity contribution in [3.8, 4) is 11.5 Å². The van der Waals surface area contributed by atoms with Gasteiger partial charge in [0, 0.05) is 0 Å². The second-order valence-electron chi connectivity index (χ2n) is 7.21. The van der Waals surface area contributed by atoms with Crippen molar-refractivity contribution in [2.75, 3.05) is 13.2 Å². The summed E-state index contributed by atoms with van der Waals surface area (Å²) in [5, 5.41) is 2.90. The number of carbonyl (C=O) groups excluding carboxylic acids is 1. The highest BCUT2D eigenvalue weighted by atomic mass is 16.5. The van der Waals surface area contributed by atoms with E-state index in [1.54, 1.807) is 0 Å². The van der Waals surface area contributed by atoms with Crippen LogP contribution in [-0.4, -0.2) is 28.7 Å². The Hall–Kier alpha value is -3.80. The molecule has 0 aliphatic heterocycles. The van der Waals surface area contributed by atoms with Crippen LogP contribution in [0.3, 0.4) is 0 Å². The SMILES string of the molecule is Cc1ccc(OCCn2c(CNC(=O)COc3ccccc3)nc3ccccc32)cc1. The number of aromatic nitrogens is 2. The number of carbonyl (C=O) groups is 1. The Morgan fingerprint density at radius 3 is 2.42 bits per heavy atom. The molecular formula is C25H25N3O3. The lowest BCUT2D eigenvalue weighted by Gasteiger charge is -2.12. The van der Waals surface area contributed by atoms with Crippen LogP contribution in [-0.2, 0) is 17.9 Å². The molecule has 0 aliphatic carbocycles. The molecular weight excluding hydrogens is 390 g/mol. The van der Waals surface area contributed by atoms with Gasteiger partial charge in [0.15, 0.2) is 6.61 Å². The van der Waals surface area contributed by atoms with Gasteiger partial charge in [0.05, 0.1) is 24.1 Å². The van der Waals surface area contributed by atoms with Gasteiger partial charge in [0.25, 0.3) is 5.91 Å². The molecule has 1 aromatic heterocycles. The van der Waals surface area contributed by atoms with E-state index < -0.39 is 0 Å². The van der Waals surface area contributed by atoms with E-state index in [2.05, 4.69) is 9.88 Å². The highest BCUT2D eigenvalue weighted by Gasteiger charge is 2.12. The molecule has 0 fully saturated rings. The quantitative estimate of drug-likeness (QED) is 0.447. The second-order valence-corrected chi connectivity index (χ2v) is 7.21. The van der Waals surface area contributed by atoms with Crippen LogP contribution in [0.25, 0.3) is 11.0 Å². The number of amides is 1. The van der Waals surface area contributed by atoms with Crippen molar-refractivity contribution >= 4 is 16.9 Å². The first-order valence-corrected chi connectivity index (χ1v) is 10.3. The van der Waals surface area contributed by atoms with Crippen molar-refractivity contribution in [1.82, 2.24) is 14.9 Å². The summed E-state index contributed by atoms with van der Waals surface area (Å²) in [6, 6.07) is 25.2. The third-order valence-electron chi connectivity index (χ3n) is 4.90. The van der Waals surface area contributed by atoms with Gasteiger partial charge >= 0.3 is 0 Å². The topological polar surface area (TPSA) is 65.4 Å². The molecule has 3 aromatic carbocycles. The van der Waals surface area contributed by atoms with E-state index in [0.29, 0.717) is 25.4 Å². The zero-order chi connectivity index (χ0) is 21.5. The minimum absolute atomic E-state index is 0.0409. The van der Waals surface area contributed by atoms with E-state index >= 15 is 0 Å². The van der Waals surface area contributed by atoms with Crippen LogP contribution in [0.1, 0.15) is 11.4 Å². The first kappa shape index (κ1) is 20.5. The molecule has 6 heteroatoms. The van der Waals surface area contributed by atoms with Crippen LogP contribution in [0.15, 0.2) is 78.9 Å². The summed E-state index contributed by atoms with van der Waals surface area (Å²) in [4.78, 5) is 16.9. The predicted molar refractivity (Wildman–Crippen MR) is 120 cm³/mol.